The summed E-state index contributed by atoms with van der Waals surface area (Å²) in [5.74, 6) is -2.01. The smallest absolute Gasteiger partial charge is 0.323 e. The van der Waals surface area contributed by atoms with E-state index in [-0.39, 0.29) is 17.0 Å². The van der Waals surface area contributed by atoms with Crippen LogP contribution in [0.15, 0.2) is 77.5 Å². The van der Waals surface area contributed by atoms with E-state index in [4.69, 9.17) is 4.74 Å². The molecule has 0 saturated carbocycles. The van der Waals surface area contributed by atoms with Crippen molar-refractivity contribution in [3.63, 3.8) is 0 Å². The van der Waals surface area contributed by atoms with Gasteiger partial charge in [-0.3, -0.25) is 19.7 Å². The van der Waals surface area contributed by atoms with E-state index >= 15 is 0 Å². The summed E-state index contributed by atoms with van der Waals surface area (Å²) in [5.41, 5.74) is 3.58. The van der Waals surface area contributed by atoms with E-state index in [1.807, 2.05) is 31.1 Å². The lowest BCUT2D eigenvalue weighted by atomic mass is 10.1. The van der Waals surface area contributed by atoms with E-state index in [9.17, 15) is 24.8 Å². The second-order valence-corrected chi connectivity index (χ2v) is 7.88. The number of methoxy groups -OCH3 is 1. The third-order valence-corrected chi connectivity index (χ3v) is 5.15. The summed E-state index contributed by atoms with van der Waals surface area (Å²) in [5, 5.41) is 27.7. The van der Waals surface area contributed by atoms with Gasteiger partial charge in [0.2, 0.25) is 5.75 Å². The van der Waals surface area contributed by atoms with Crippen molar-refractivity contribution < 1.29 is 24.4 Å². The first-order valence-corrected chi connectivity index (χ1v) is 10.9. The number of hydrazone groups is 1. The van der Waals surface area contributed by atoms with Crippen molar-refractivity contribution in [1.29, 1.82) is 0 Å². The Morgan fingerprint density at radius 2 is 1.73 bits per heavy atom. The van der Waals surface area contributed by atoms with Gasteiger partial charge >= 0.3 is 5.69 Å². The number of rotatable bonds is 9. The van der Waals surface area contributed by atoms with Crippen molar-refractivity contribution in [2.24, 2.45) is 5.10 Å². The highest BCUT2D eigenvalue weighted by Crippen LogP contribution is 2.37. The number of anilines is 1. The lowest BCUT2D eigenvalue weighted by Crippen LogP contribution is -2.32. The molecule has 11 nitrogen and oxygen atoms in total. The van der Waals surface area contributed by atoms with Crippen molar-refractivity contribution >= 4 is 35.5 Å². The Morgan fingerprint density at radius 1 is 1.05 bits per heavy atom. The minimum Gasteiger partial charge on any atom is -0.504 e. The van der Waals surface area contributed by atoms with Gasteiger partial charge in [-0.1, -0.05) is 30.3 Å². The fourth-order valence-corrected chi connectivity index (χ4v) is 3.27. The van der Waals surface area contributed by atoms with Crippen LogP contribution in [0.4, 0.5) is 11.4 Å². The maximum atomic E-state index is 13.0. The fourth-order valence-electron chi connectivity index (χ4n) is 3.27. The molecule has 0 spiro atoms. The number of nitro groups is 1. The first-order chi connectivity index (χ1) is 17.7. The number of ether oxygens (including phenoxy) is 1. The van der Waals surface area contributed by atoms with Crippen LogP contribution in [0, 0.1) is 10.1 Å². The van der Waals surface area contributed by atoms with Gasteiger partial charge in [0.05, 0.1) is 23.8 Å². The molecule has 3 rings (SSSR count). The Balaban J connectivity index is 1.88. The summed E-state index contributed by atoms with van der Waals surface area (Å²) in [4.78, 5) is 38.4. The lowest BCUT2D eigenvalue weighted by molar-refractivity contribution is -0.386. The normalized spacial score (nSPS) is 11.2. The van der Waals surface area contributed by atoms with E-state index in [1.165, 1.54) is 25.3 Å². The molecule has 0 heterocycles. The van der Waals surface area contributed by atoms with Gasteiger partial charge in [-0.2, -0.15) is 5.10 Å². The Kier molecular flexibility index (Phi) is 8.55. The van der Waals surface area contributed by atoms with Crippen LogP contribution >= 0.6 is 0 Å². The molecule has 0 aliphatic carbocycles. The number of nitrogens with zero attached hydrogens (tertiary/aromatic N) is 3. The largest absolute Gasteiger partial charge is 0.504 e. The minimum atomic E-state index is -0.759. The molecule has 0 aliphatic rings. The number of amides is 2. The molecule has 190 valence electrons. The molecule has 0 saturated heterocycles. The summed E-state index contributed by atoms with van der Waals surface area (Å²) >= 11 is 0. The Hall–Kier alpha value is -5.19. The van der Waals surface area contributed by atoms with Crippen LogP contribution in [0.25, 0.3) is 6.08 Å². The second kappa shape index (κ2) is 12.0. The number of phenols is 1. The molecule has 2 amide bonds. The van der Waals surface area contributed by atoms with E-state index in [1.54, 1.807) is 42.5 Å². The Morgan fingerprint density at radius 3 is 2.32 bits per heavy atom. The SMILES string of the molecule is COc1c(O)ccc(C=NNC(=O)C(=Cc2ccc(N(C)C)cc2)NC(=O)c2ccccc2)c1[N+](=O)[O-]. The molecule has 0 fully saturated rings. The van der Waals surface area contributed by atoms with Crippen molar-refractivity contribution in [3.8, 4) is 11.5 Å². The average molecular weight is 504 g/mol. The third kappa shape index (κ3) is 6.69. The molecule has 0 aromatic heterocycles. The summed E-state index contributed by atoms with van der Waals surface area (Å²) in [6.45, 7) is 0. The van der Waals surface area contributed by atoms with Crippen molar-refractivity contribution in [2.45, 2.75) is 0 Å². The zero-order valence-corrected chi connectivity index (χ0v) is 20.3. The maximum Gasteiger partial charge on any atom is 0.323 e. The first-order valence-electron chi connectivity index (χ1n) is 10.9. The van der Waals surface area contributed by atoms with Crippen LogP contribution in [-0.2, 0) is 4.79 Å². The van der Waals surface area contributed by atoms with Crippen LogP contribution in [-0.4, -0.2) is 49.3 Å². The summed E-state index contributed by atoms with van der Waals surface area (Å²) in [6, 6.07) is 18.1. The maximum absolute atomic E-state index is 13.0. The van der Waals surface area contributed by atoms with Gasteiger partial charge in [0.25, 0.3) is 11.8 Å². The molecule has 0 atom stereocenters. The quantitative estimate of drug-likeness (QED) is 0.176. The molecular formula is C26H25N5O6. The molecule has 3 aromatic rings. The first kappa shape index (κ1) is 26.4. The zero-order chi connectivity index (χ0) is 26.9. The fraction of sp³-hybridized carbons (Fsp3) is 0.115. The number of nitrogens with one attached hydrogen (secondary N) is 2. The molecule has 0 aliphatic heterocycles. The van der Waals surface area contributed by atoms with Crippen molar-refractivity contribution in [1.82, 2.24) is 10.7 Å². The zero-order valence-electron chi connectivity index (χ0n) is 20.3. The highest BCUT2D eigenvalue weighted by atomic mass is 16.6. The van der Waals surface area contributed by atoms with E-state index in [0.29, 0.717) is 11.1 Å². The van der Waals surface area contributed by atoms with Crippen LogP contribution in [0.5, 0.6) is 11.5 Å². The van der Waals surface area contributed by atoms with E-state index in [2.05, 4.69) is 15.8 Å². The van der Waals surface area contributed by atoms with Crippen LogP contribution in [0.3, 0.4) is 0 Å². The number of carbonyl (C=O) groups is 2. The topological polar surface area (TPSA) is 146 Å². The van der Waals surface area contributed by atoms with Gasteiger partial charge in [0.1, 0.15) is 5.70 Å². The number of carbonyl (C=O) groups excluding carboxylic acids is 2. The molecule has 3 aromatic carbocycles. The minimum absolute atomic E-state index is 0.0157. The molecular weight excluding hydrogens is 478 g/mol. The van der Waals surface area contributed by atoms with Gasteiger partial charge in [-0.05, 0) is 48.0 Å². The average Bonchev–Trinajstić information content (AvgIpc) is 2.89. The van der Waals surface area contributed by atoms with Gasteiger partial charge in [0.15, 0.2) is 5.75 Å². The molecule has 0 radical (unpaired) electrons. The summed E-state index contributed by atoms with van der Waals surface area (Å²) in [7, 11) is 4.98. The van der Waals surface area contributed by atoms with Gasteiger partial charge in [-0.25, -0.2) is 5.43 Å². The highest BCUT2D eigenvalue weighted by Gasteiger charge is 2.23. The molecule has 0 unspecified atom stereocenters. The van der Waals surface area contributed by atoms with Crippen LogP contribution in [0.2, 0.25) is 0 Å². The van der Waals surface area contributed by atoms with Crippen LogP contribution < -0.4 is 20.4 Å². The molecule has 37 heavy (non-hydrogen) atoms. The lowest BCUT2D eigenvalue weighted by Gasteiger charge is -2.12. The second-order valence-electron chi connectivity index (χ2n) is 7.88. The number of benzene rings is 3. The molecule has 3 N–H and O–H groups in total. The predicted octanol–water partition coefficient (Wildman–Crippen LogP) is 3.30. The standard InChI is InChI=1S/C26H25N5O6/c1-30(2)20-12-9-17(10-13-20)15-21(28-25(33)18-7-5-4-6-8-18)26(34)29-27-16-19-11-14-22(32)24(37-3)23(19)31(35)36/h4-16,32H,1-3H3,(H,28,33)(H,29,34). The summed E-state index contributed by atoms with van der Waals surface area (Å²) < 4.78 is 4.92. The van der Waals surface area contributed by atoms with E-state index < -0.39 is 28.2 Å². The number of hydrogen-bond acceptors (Lipinski definition) is 8. The molecule has 11 heteroatoms. The number of hydrogen-bond donors (Lipinski definition) is 3. The molecule has 0 bridgehead atoms. The number of aromatic hydroxyl groups is 1. The number of phenolic OH excluding ortho intramolecular Hbond substituents is 1. The van der Waals surface area contributed by atoms with Crippen molar-refractivity contribution in [3.05, 3.63) is 99.2 Å². The third-order valence-electron chi connectivity index (χ3n) is 5.15. The highest BCUT2D eigenvalue weighted by molar-refractivity contribution is 6.05. The van der Waals surface area contributed by atoms with Crippen LogP contribution in [0.1, 0.15) is 21.5 Å². The van der Waals surface area contributed by atoms with Crippen molar-refractivity contribution in [2.75, 3.05) is 26.1 Å². The van der Waals surface area contributed by atoms with E-state index in [0.717, 1.165) is 11.9 Å². The summed E-state index contributed by atoms with van der Waals surface area (Å²) in [6.07, 6.45) is 2.53. The monoisotopic (exact) mass is 503 g/mol. The van der Waals surface area contributed by atoms with Gasteiger partial charge in [-0.15, -0.1) is 0 Å². The Labute approximate surface area is 212 Å². The predicted molar refractivity (Wildman–Crippen MR) is 140 cm³/mol. The van der Waals surface area contributed by atoms with Gasteiger partial charge < -0.3 is 20.1 Å². The number of nitro benzene ring substituents is 1. The Bertz CT molecular complexity index is 1350. The van der Waals surface area contributed by atoms with Gasteiger partial charge in [0, 0.05) is 25.3 Å².